The molecule has 0 atom stereocenters. The first-order valence-electron chi connectivity index (χ1n) is 5.64. The number of ether oxygens (including phenoxy) is 1. The van der Waals surface area contributed by atoms with E-state index in [-0.39, 0.29) is 22.7 Å². The Labute approximate surface area is 110 Å². The molecule has 0 aliphatic heterocycles. The monoisotopic (exact) mass is 256 g/mol. The lowest BCUT2D eigenvalue weighted by molar-refractivity contribution is 0.0600. The summed E-state index contributed by atoms with van der Waals surface area (Å²) < 4.78 is 4.58. The number of hydrogen-bond acceptors (Lipinski definition) is 4. The largest absolute Gasteiger partial charge is 0.507 e. The highest BCUT2D eigenvalue weighted by atomic mass is 16.5. The van der Waals surface area contributed by atoms with Gasteiger partial charge < -0.3 is 9.84 Å². The van der Waals surface area contributed by atoms with Crippen LogP contribution in [0.5, 0.6) is 5.75 Å². The molecule has 2 rings (SSSR count). The topological polar surface area (TPSA) is 63.6 Å². The van der Waals surface area contributed by atoms with Crippen molar-refractivity contribution in [3.8, 4) is 5.75 Å². The fraction of sp³-hybridized carbons (Fsp3) is 0.0667. The summed E-state index contributed by atoms with van der Waals surface area (Å²) in [5.41, 5.74) is 0.744. The molecule has 0 amide bonds. The molecule has 4 nitrogen and oxygen atoms in total. The van der Waals surface area contributed by atoms with Crippen LogP contribution < -0.4 is 0 Å². The zero-order valence-electron chi connectivity index (χ0n) is 10.3. The Bertz CT molecular complexity index is 617. The van der Waals surface area contributed by atoms with Crippen LogP contribution in [0.25, 0.3) is 0 Å². The number of aromatic hydroxyl groups is 1. The van der Waals surface area contributed by atoms with Gasteiger partial charge in [-0.2, -0.15) is 0 Å². The number of ketones is 1. The summed E-state index contributed by atoms with van der Waals surface area (Å²) in [7, 11) is 1.26. The molecule has 0 radical (unpaired) electrons. The van der Waals surface area contributed by atoms with Crippen molar-refractivity contribution in [3.05, 3.63) is 65.2 Å². The minimum absolute atomic E-state index is 0.0779. The Balaban J connectivity index is 2.44. The zero-order chi connectivity index (χ0) is 13.8. The van der Waals surface area contributed by atoms with Crippen molar-refractivity contribution < 1.29 is 19.4 Å². The molecule has 0 saturated heterocycles. The lowest BCUT2D eigenvalue weighted by atomic mass is 10.0. The Morgan fingerprint density at radius 3 is 2.32 bits per heavy atom. The normalized spacial score (nSPS) is 9.95. The molecule has 2 aromatic carbocycles. The smallest absolute Gasteiger partial charge is 0.337 e. The highest BCUT2D eigenvalue weighted by molar-refractivity contribution is 6.11. The van der Waals surface area contributed by atoms with Gasteiger partial charge in [-0.15, -0.1) is 0 Å². The summed E-state index contributed by atoms with van der Waals surface area (Å²) in [5.74, 6) is -1.06. The molecule has 0 unspecified atom stereocenters. The Kier molecular flexibility index (Phi) is 3.61. The number of methoxy groups -OCH3 is 1. The van der Waals surface area contributed by atoms with E-state index in [0.29, 0.717) is 5.56 Å². The molecule has 2 aromatic rings. The molecule has 96 valence electrons. The van der Waals surface area contributed by atoms with Gasteiger partial charge in [0, 0.05) is 5.56 Å². The maximum Gasteiger partial charge on any atom is 0.337 e. The summed E-state index contributed by atoms with van der Waals surface area (Å²) in [6.07, 6.45) is 0. The number of hydrogen-bond donors (Lipinski definition) is 1. The molecule has 0 bridgehead atoms. The van der Waals surface area contributed by atoms with E-state index in [1.54, 1.807) is 30.3 Å². The van der Waals surface area contributed by atoms with E-state index < -0.39 is 5.97 Å². The van der Waals surface area contributed by atoms with E-state index in [1.165, 1.54) is 25.3 Å². The van der Waals surface area contributed by atoms with Crippen molar-refractivity contribution >= 4 is 11.8 Å². The molecular weight excluding hydrogens is 244 g/mol. The number of rotatable bonds is 3. The minimum atomic E-state index is -0.554. The van der Waals surface area contributed by atoms with Crippen LogP contribution in [-0.2, 0) is 4.74 Å². The Morgan fingerprint density at radius 1 is 1.00 bits per heavy atom. The summed E-state index contributed by atoms with van der Waals surface area (Å²) >= 11 is 0. The van der Waals surface area contributed by atoms with Crippen molar-refractivity contribution in [1.29, 1.82) is 0 Å². The quantitative estimate of drug-likeness (QED) is 0.676. The van der Waals surface area contributed by atoms with Crippen molar-refractivity contribution in [2.45, 2.75) is 0 Å². The first-order chi connectivity index (χ1) is 9.13. The average molecular weight is 256 g/mol. The Morgan fingerprint density at radius 2 is 1.68 bits per heavy atom. The third-order valence-corrected chi connectivity index (χ3v) is 2.70. The predicted molar refractivity (Wildman–Crippen MR) is 69.3 cm³/mol. The third-order valence-electron chi connectivity index (χ3n) is 2.70. The van der Waals surface area contributed by atoms with Gasteiger partial charge in [-0.3, -0.25) is 4.79 Å². The van der Waals surface area contributed by atoms with Crippen LogP contribution in [0.3, 0.4) is 0 Å². The highest BCUT2D eigenvalue weighted by Crippen LogP contribution is 2.22. The van der Waals surface area contributed by atoms with Crippen LogP contribution in [0.15, 0.2) is 48.5 Å². The van der Waals surface area contributed by atoms with Crippen LogP contribution in [-0.4, -0.2) is 24.0 Å². The maximum atomic E-state index is 12.2. The van der Waals surface area contributed by atoms with E-state index in [9.17, 15) is 14.7 Å². The van der Waals surface area contributed by atoms with E-state index in [2.05, 4.69) is 4.74 Å². The standard InChI is InChI=1S/C15H12O4/c1-19-15(18)11-7-8-13(16)12(9-11)14(17)10-5-3-2-4-6-10/h2-9,16H,1H3. The minimum Gasteiger partial charge on any atom is -0.507 e. The predicted octanol–water partition coefficient (Wildman–Crippen LogP) is 2.41. The third kappa shape index (κ3) is 2.63. The molecule has 19 heavy (non-hydrogen) atoms. The van der Waals surface area contributed by atoms with Gasteiger partial charge in [0.2, 0.25) is 0 Å². The van der Waals surface area contributed by atoms with Crippen molar-refractivity contribution in [2.24, 2.45) is 0 Å². The van der Waals surface area contributed by atoms with Gasteiger partial charge in [0.25, 0.3) is 0 Å². The molecule has 0 fully saturated rings. The number of phenolic OH excluding ortho intramolecular Hbond substituents is 1. The first-order valence-corrected chi connectivity index (χ1v) is 5.64. The first kappa shape index (κ1) is 12.8. The molecule has 0 aromatic heterocycles. The second-order valence-electron chi connectivity index (χ2n) is 3.92. The van der Waals surface area contributed by atoms with Crippen LogP contribution >= 0.6 is 0 Å². The van der Waals surface area contributed by atoms with Crippen molar-refractivity contribution in [1.82, 2.24) is 0 Å². The maximum absolute atomic E-state index is 12.2. The molecular formula is C15H12O4. The van der Waals surface area contributed by atoms with Crippen molar-refractivity contribution in [3.63, 3.8) is 0 Å². The lowest BCUT2D eigenvalue weighted by Crippen LogP contribution is -2.06. The number of phenols is 1. The zero-order valence-corrected chi connectivity index (χ0v) is 10.3. The summed E-state index contributed by atoms with van der Waals surface area (Å²) in [6.45, 7) is 0. The second kappa shape index (κ2) is 5.35. The fourth-order valence-corrected chi connectivity index (χ4v) is 1.71. The molecule has 0 aliphatic carbocycles. The van der Waals surface area contributed by atoms with Crippen LogP contribution in [0, 0.1) is 0 Å². The van der Waals surface area contributed by atoms with Crippen LogP contribution in [0.2, 0.25) is 0 Å². The number of esters is 1. The number of carbonyl (C=O) groups excluding carboxylic acids is 2. The molecule has 0 saturated carbocycles. The molecule has 0 aliphatic rings. The van der Waals surface area contributed by atoms with Gasteiger partial charge in [-0.1, -0.05) is 30.3 Å². The summed E-state index contributed by atoms with van der Waals surface area (Å²) in [6, 6.07) is 12.6. The van der Waals surface area contributed by atoms with Crippen LogP contribution in [0.4, 0.5) is 0 Å². The molecule has 4 heteroatoms. The van der Waals surface area contributed by atoms with Gasteiger partial charge in [0.05, 0.1) is 18.2 Å². The average Bonchev–Trinajstić information content (AvgIpc) is 2.47. The van der Waals surface area contributed by atoms with E-state index in [4.69, 9.17) is 0 Å². The summed E-state index contributed by atoms with van der Waals surface area (Å²) in [5, 5.41) is 9.75. The van der Waals surface area contributed by atoms with Gasteiger partial charge in [0.15, 0.2) is 5.78 Å². The van der Waals surface area contributed by atoms with Gasteiger partial charge >= 0.3 is 5.97 Å². The lowest BCUT2D eigenvalue weighted by Gasteiger charge is -2.06. The SMILES string of the molecule is COC(=O)c1ccc(O)c(C(=O)c2ccccc2)c1. The number of benzene rings is 2. The summed E-state index contributed by atoms with van der Waals surface area (Å²) in [4.78, 5) is 23.6. The fourth-order valence-electron chi connectivity index (χ4n) is 1.71. The van der Waals surface area contributed by atoms with Gasteiger partial charge in [-0.25, -0.2) is 4.79 Å². The number of carbonyl (C=O) groups is 2. The highest BCUT2D eigenvalue weighted by Gasteiger charge is 2.16. The van der Waals surface area contributed by atoms with Gasteiger partial charge in [-0.05, 0) is 18.2 Å². The molecule has 0 heterocycles. The van der Waals surface area contributed by atoms with E-state index in [1.807, 2.05) is 0 Å². The second-order valence-corrected chi connectivity index (χ2v) is 3.92. The van der Waals surface area contributed by atoms with Gasteiger partial charge in [0.1, 0.15) is 5.75 Å². The van der Waals surface area contributed by atoms with E-state index in [0.717, 1.165) is 0 Å². The Hall–Kier alpha value is -2.62. The molecule has 0 spiro atoms. The van der Waals surface area contributed by atoms with E-state index >= 15 is 0 Å². The molecule has 1 N–H and O–H groups in total. The van der Waals surface area contributed by atoms with Crippen molar-refractivity contribution in [2.75, 3.05) is 7.11 Å². The van der Waals surface area contributed by atoms with Crippen LogP contribution in [0.1, 0.15) is 26.3 Å².